The van der Waals surface area contributed by atoms with E-state index < -0.39 is 144 Å². The molecule has 2 aliphatic rings. The number of para-hydroxylation sites is 1. The number of hydrogen-bond donors (Lipinski definition) is 14. The zero-order chi connectivity index (χ0) is 64.2. The average molecular weight is 1220 g/mol. The largest absolute Gasteiger partial charge is 0.508 e. The number of aliphatic imine (C=N–C) groups is 1. The maximum absolute atomic E-state index is 14.3. The molecule has 27 nitrogen and oxygen atoms in total. The standard InChI is InChI=1S/C61H81N13O14/c1-33(75)43(28-52(80)47(29-54(62)82)71-58(86)50-27-41(78)32-74(50)59(87)49(69-34(2)76)24-37-17-19-40(77)20-18-37)57(85)70-46(22-35-10-5-4-6-11-35)53(81)31-68-61(88)73-45(23-36-15-16-36)51(79)26-38(12-9-21-66-60(64)65-3)56(84)72-48(55(63)83)25-39-30-67-44-14-8-7-13-42(39)44/h4-8,10-11,13-14,17-20,30,33,36,38,41,43,45-50,67,75,77-78H,9,12,15-16,21-29,31-32H2,1-3H3,(H2,62,82)(H2,63,83)(H,69,76)(H,70,85)(H,71,86)(H,72,84)(H3,64,65,66)(H2,68,73,88)/t33-,38-,41-,43+,45+,46+,47+,48+,49-,50+/m1/s1. The molecule has 1 aromatic heterocycles. The van der Waals surface area contributed by atoms with Crippen molar-refractivity contribution in [2.75, 3.05) is 26.7 Å². The molecule has 9 amide bonds. The molecule has 0 unspecified atom stereocenters. The number of carbonyl (C=O) groups excluding carboxylic acids is 11. The van der Waals surface area contributed by atoms with Crippen molar-refractivity contribution in [1.29, 1.82) is 0 Å². The molecule has 88 heavy (non-hydrogen) atoms. The van der Waals surface area contributed by atoms with Crippen LogP contribution in [0.4, 0.5) is 4.79 Å². The summed E-state index contributed by atoms with van der Waals surface area (Å²) < 4.78 is 0. The van der Waals surface area contributed by atoms with Gasteiger partial charge in [0.15, 0.2) is 23.3 Å². The Bertz CT molecular complexity index is 3170. The summed E-state index contributed by atoms with van der Waals surface area (Å²) in [4.78, 5) is 158. The van der Waals surface area contributed by atoms with Crippen molar-refractivity contribution < 1.29 is 68.1 Å². The Morgan fingerprint density at radius 2 is 1.35 bits per heavy atom. The Morgan fingerprint density at radius 1 is 0.705 bits per heavy atom. The van der Waals surface area contributed by atoms with E-state index in [9.17, 15) is 68.1 Å². The van der Waals surface area contributed by atoms with Crippen LogP contribution in [0.3, 0.4) is 0 Å². The third kappa shape index (κ3) is 20.7. The van der Waals surface area contributed by atoms with Crippen LogP contribution in [0.15, 0.2) is 90.1 Å². The summed E-state index contributed by atoms with van der Waals surface area (Å²) in [5, 5.41) is 50.7. The van der Waals surface area contributed by atoms with E-state index in [-0.39, 0.29) is 69.1 Å². The number of phenols is 1. The van der Waals surface area contributed by atoms with Gasteiger partial charge in [-0.2, -0.15) is 0 Å². The summed E-state index contributed by atoms with van der Waals surface area (Å²) in [6, 6.07) is 12.8. The molecule has 10 atom stereocenters. The molecule has 1 saturated heterocycles. The summed E-state index contributed by atoms with van der Waals surface area (Å²) in [6.45, 7) is 1.66. The summed E-state index contributed by atoms with van der Waals surface area (Å²) in [7, 11) is 1.50. The number of phenolic OH excluding ortho intramolecular Hbond substituents is 1. The lowest BCUT2D eigenvalue weighted by Crippen LogP contribution is -2.56. The summed E-state index contributed by atoms with van der Waals surface area (Å²) in [6.07, 6.45) is -1.11. The number of urea groups is 1. The monoisotopic (exact) mass is 1220 g/mol. The Hall–Kier alpha value is -9.24. The van der Waals surface area contributed by atoms with Crippen LogP contribution in [0.1, 0.15) is 88.3 Å². The fourth-order valence-corrected chi connectivity index (χ4v) is 10.6. The number of aliphatic hydroxyl groups excluding tert-OH is 2. The smallest absolute Gasteiger partial charge is 0.315 e. The highest BCUT2D eigenvalue weighted by atomic mass is 16.3. The van der Waals surface area contributed by atoms with E-state index in [2.05, 4.69) is 47.2 Å². The molecule has 474 valence electrons. The minimum absolute atomic E-state index is 0.0386. The number of aliphatic hydroxyl groups is 2. The molecule has 1 aliphatic heterocycles. The SMILES string of the molecule is CN=C(N)NCCC[C@H](CC(=O)[C@H](CC1CC1)NC(=O)NCC(=O)[C@H](Cc1ccccc1)NC(=O)[C@@H](CC(=O)[C@H](CC(N)=O)NC(=O)[C@@H]1C[C@@H](O)CN1C(=O)[C@@H](Cc1ccc(O)cc1)NC(C)=O)[C@@H](C)O)C(=O)N[C@@H](Cc1c[nH]c2ccccc12)C(N)=O. The van der Waals surface area contributed by atoms with E-state index >= 15 is 0 Å². The molecule has 0 bridgehead atoms. The average Bonchev–Trinajstić information content (AvgIpc) is 2.49. The molecule has 0 radical (unpaired) electrons. The zero-order valence-electron chi connectivity index (χ0n) is 49.5. The predicted octanol–water partition coefficient (Wildman–Crippen LogP) is -0.934. The van der Waals surface area contributed by atoms with Crippen LogP contribution < -0.4 is 54.4 Å². The number of aromatic nitrogens is 1. The second-order valence-corrected chi connectivity index (χ2v) is 22.6. The van der Waals surface area contributed by atoms with Gasteiger partial charge in [-0.25, -0.2) is 4.79 Å². The zero-order valence-corrected chi connectivity index (χ0v) is 49.5. The lowest BCUT2D eigenvalue weighted by Gasteiger charge is -2.30. The molecular formula is C61H81N13O14. The lowest BCUT2D eigenvalue weighted by atomic mass is 9.91. The van der Waals surface area contributed by atoms with Gasteiger partial charge >= 0.3 is 6.03 Å². The van der Waals surface area contributed by atoms with Gasteiger partial charge in [-0.05, 0) is 73.4 Å². The van der Waals surface area contributed by atoms with Crippen LogP contribution in [0, 0.1) is 17.8 Å². The van der Waals surface area contributed by atoms with Crippen LogP contribution in [0.5, 0.6) is 5.75 Å². The topological polar surface area (TPSA) is 442 Å². The molecule has 2 heterocycles. The Balaban J connectivity index is 1.12. The molecule has 1 saturated carbocycles. The number of likely N-dealkylation sites (tertiary alicyclic amines) is 1. The predicted molar refractivity (Wildman–Crippen MR) is 322 cm³/mol. The number of hydrogen-bond acceptors (Lipinski definition) is 15. The number of H-pyrrole nitrogens is 1. The fraction of sp³-hybridized carbons (Fsp3) is 0.475. The molecule has 4 aromatic rings. The van der Waals surface area contributed by atoms with E-state index in [1.54, 1.807) is 36.5 Å². The lowest BCUT2D eigenvalue weighted by molar-refractivity contribution is -0.142. The number of primary amides is 2. The molecule has 3 aromatic carbocycles. The molecule has 27 heteroatoms. The van der Waals surface area contributed by atoms with Crippen molar-refractivity contribution in [1.82, 2.24) is 47.1 Å². The first-order valence-electron chi connectivity index (χ1n) is 29.3. The van der Waals surface area contributed by atoms with Gasteiger partial charge in [0.1, 0.15) is 23.9 Å². The van der Waals surface area contributed by atoms with Crippen molar-refractivity contribution >= 4 is 81.6 Å². The highest BCUT2D eigenvalue weighted by Crippen LogP contribution is 2.34. The minimum atomic E-state index is -1.71. The van der Waals surface area contributed by atoms with E-state index in [0.29, 0.717) is 24.1 Å². The fourth-order valence-electron chi connectivity index (χ4n) is 10.6. The molecule has 1 aliphatic carbocycles. The van der Waals surface area contributed by atoms with Gasteiger partial charge in [0.2, 0.25) is 41.4 Å². The van der Waals surface area contributed by atoms with Gasteiger partial charge in [0.05, 0.1) is 49.2 Å². The van der Waals surface area contributed by atoms with Gasteiger partial charge in [0, 0.05) is 82.2 Å². The van der Waals surface area contributed by atoms with Gasteiger partial charge in [0.25, 0.3) is 0 Å². The van der Waals surface area contributed by atoms with E-state index in [1.165, 1.54) is 45.2 Å². The van der Waals surface area contributed by atoms with Crippen LogP contribution in [-0.4, -0.2) is 171 Å². The first kappa shape index (κ1) is 67.9. The highest BCUT2D eigenvalue weighted by molar-refractivity contribution is 6.00. The number of fused-ring (bicyclic) bond motifs is 1. The Kier molecular flexibility index (Phi) is 25.1. The third-order valence-corrected chi connectivity index (χ3v) is 15.6. The number of nitrogens with zero attached hydrogens (tertiary/aromatic N) is 2. The number of nitrogens with one attached hydrogen (secondary N) is 8. The number of carbonyl (C=O) groups is 11. The van der Waals surface area contributed by atoms with Gasteiger partial charge < -0.3 is 79.6 Å². The Morgan fingerprint density at radius 3 is 2.00 bits per heavy atom. The molecule has 17 N–H and O–H groups in total. The van der Waals surface area contributed by atoms with Crippen LogP contribution >= 0.6 is 0 Å². The number of aromatic hydroxyl groups is 1. The Labute approximate surface area is 508 Å². The number of rotatable bonds is 34. The summed E-state index contributed by atoms with van der Waals surface area (Å²) in [5.74, 6) is -10.3. The number of aromatic amines is 1. The van der Waals surface area contributed by atoms with Crippen molar-refractivity contribution in [3.05, 3.63) is 102 Å². The van der Waals surface area contributed by atoms with Crippen molar-refractivity contribution in [2.24, 2.45) is 39.9 Å². The number of nitrogens with two attached hydrogens (primary N) is 3. The quantitative estimate of drug-likeness (QED) is 0.0153. The molecular weight excluding hydrogens is 1140 g/mol. The van der Waals surface area contributed by atoms with Crippen molar-refractivity contribution in [2.45, 2.75) is 139 Å². The van der Waals surface area contributed by atoms with Crippen molar-refractivity contribution in [3.8, 4) is 5.75 Å². The number of ketones is 3. The molecule has 0 spiro atoms. The molecule has 6 rings (SSSR count). The van der Waals surface area contributed by atoms with E-state index in [0.717, 1.165) is 34.2 Å². The van der Waals surface area contributed by atoms with Crippen LogP contribution in [0.25, 0.3) is 10.9 Å². The first-order valence-corrected chi connectivity index (χ1v) is 29.3. The third-order valence-electron chi connectivity index (χ3n) is 15.6. The van der Waals surface area contributed by atoms with Crippen molar-refractivity contribution in [3.63, 3.8) is 0 Å². The normalized spacial score (nSPS) is 17.6. The molecule has 2 fully saturated rings. The number of guanidine groups is 1. The van der Waals surface area contributed by atoms with Gasteiger partial charge in [-0.15, -0.1) is 0 Å². The highest BCUT2D eigenvalue weighted by Gasteiger charge is 2.43. The number of benzene rings is 3. The van der Waals surface area contributed by atoms with Crippen LogP contribution in [-0.2, 0) is 67.2 Å². The van der Waals surface area contributed by atoms with Gasteiger partial charge in [-0.1, -0.05) is 73.5 Å². The number of Topliss-reactive ketones (excluding diaryl/α,β-unsaturated/α-hetero) is 3. The number of amides is 9. The number of β-amino-alcohol motifs (C(OH)–C–C–N with tert-alkyl or cyclic N) is 1. The van der Waals surface area contributed by atoms with E-state index in [4.69, 9.17) is 17.2 Å². The second-order valence-electron chi connectivity index (χ2n) is 22.6. The van der Waals surface area contributed by atoms with E-state index in [1.807, 2.05) is 24.3 Å². The summed E-state index contributed by atoms with van der Waals surface area (Å²) >= 11 is 0. The maximum atomic E-state index is 14.3. The maximum Gasteiger partial charge on any atom is 0.315 e. The van der Waals surface area contributed by atoms with Crippen LogP contribution in [0.2, 0.25) is 0 Å². The second kappa shape index (κ2) is 32.5. The minimum Gasteiger partial charge on any atom is -0.508 e. The first-order chi connectivity index (χ1) is 41.9. The summed E-state index contributed by atoms with van der Waals surface area (Å²) in [5.41, 5.74) is 19.8. The van der Waals surface area contributed by atoms with Gasteiger partial charge in [-0.3, -0.25) is 52.9 Å².